The highest BCUT2D eigenvalue weighted by molar-refractivity contribution is 5.36. The Morgan fingerprint density at radius 2 is 2.11 bits per heavy atom. The van der Waals surface area contributed by atoms with E-state index in [4.69, 9.17) is 10.5 Å². The van der Waals surface area contributed by atoms with Crippen molar-refractivity contribution in [2.45, 2.75) is 26.4 Å². The van der Waals surface area contributed by atoms with Crippen LogP contribution in [-0.4, -0.2) is 19.3 Å². The Morgan fingerprint density at radius 3 is 2.67 bits per heavy atom. The lowest BCUT2D eigenvalue weighted by molar-refractivity contribution is 0.523. The molecule has 0 radical (unpaired) electrons. The fraction of sp³-hybridized carbons (Fsp3) is 0.333. The van der Waals surface area contributed by atoms with Gasteiger partial charge in [-0.25, -0.2) is 4.98 Å². The number of rotatable bonds is 3. The first-order valence-electron chi connectivity index (χ1n) is 5.55. The standard InChI is InChI=1S/C12H12N6/c1-9(2)18-4-3-10(16-18)7-17-8-15-11(5-13)12(17)6-14/h3-4,8-9H,7H2,1-2H3. The van der Waals surface area contributed by atoms with E-state index in [1.54, 1.807) is 4.57 Å². The number of imidazole rings is 1. The molecule has 2 heterocycles. The third-order valence-electron chi connectivity index (χ3n) is 2.57. The lowest BCUT2D eigenvalue weighted by atomic mass is 10.3. The molecule has 6 nitrogen and oxygen atoms in total. The van der Waals surface area contributed by atoms with Crippen LogP contribution < -0.4 is 0 Å². The van der Waals surface area contributed by atoms with Crippen molar-refractivity contribution in [2.24, 2.45) is 0 Å². The molecule has 0 atom stereocenters. The number of hydrogen-bond acceptors (Lipinski definition) is 4. The molecule has 0 bridgehead atoms. The minimum atomic E-state index is 0.154. The summed E-state index contributed by atoms with van der Waals surface area (Å²) in [7, 11) is 0. The van der Waals surface area contributed by atoms with Crippen LogP contribution in [0.3, 0.4) is 0 Å². The summed E-state index contributed by atoms with van der Waals surface area (Å²) in [5, 5.41) is 22.2. The van der Waals surface area contributed by atoms with E-state index in [2.05, 4.69) is 10.1 Å². The van der Waals surface area contributed by atoms with Crippen LogP contribution in [0.15, 0.2) is 18.6 Å². The van der Waals surface area contributed by atoms with Gasteiger partial charge in [-0.3, -0.25) is 4.68 Å². The predicted octanol–water partition coefficient (Wildman–Crippen LogP) is 1.45. The van der Waals surface area contributed by atoms with Crippen molar-refractivity contribution in [1.29, 1.82) is 10.5 Å². The molecule has 0 saturated heterocycles. The largest absolute Gasteiger partial charge is 0.315 e. The number of aromatic nitrogens is 4. The molecule has 18 heavy (non-hydrogen) atoms. The van der Waals surface area contributed by atoms with E-state index in [1.807, 2.05) is 42.9 Å². The van der Waals surface area contributed by atoms with Crippen LogP contribution in [0, 0.1) is 22.7 Å². The summed E-state index contributed by atoms with van der Waals surface area (Å²) in [4.78, 5) is 3.89. The quantitative estimate of drug-likeness (QED) is 0.812. The first-order chi connectivity index (χ1) is 8.65. The van der Waals surface area contributed by atoms with E-state index >= 15 is 0 Å². The van der Waals surface area contributed by atoms with Gasteiger partial charge in [-0.05, 0) is 19.9 Å². The maximum Gasteiger partial charge on any atom is 0.176 e. The molecule has 0 aliphatic carbocycles. The molecule has 0 N–H and O–H groups in total. The Morgan fingerprint density at radius 1 is 1.33 bits per heavy atom. The molecule has 0 spiro atoms. The molecule has 2 aromatic rings. The van der Waals surface area contributed by atoms with Crippen molar-refractivity contribution in [1.82, 2.24) is 19.3 Å². The Balaban J connectivity index is 2.27. The molecule has 0 fully saturated rings. The maximum atomic E-state index is 9.00. The fourth-order valence-corrected chi connectivity index (χ4v) is 1.63. The normalized spacial score (nSPS) is 10.3. The van der Waals surface area contributed by atoms with Crippen molar-refractivity contribution in [3.63, 3.8) is 0 Å². The summed E-state index contributed by atoms with van der Waals surface area (Å²) < 4.78 is 3.48. The number of nitrogens with zero attached hydrogens (tertiary/aromatic N) is 6. The second kappa shape index (κ2) is 4.72. The monoisotopic (exact) mass is 240 g/mol. The third-order valence-corrected chi connectivity index (χ3v) is 2.57. The molecule has 2 rings (SSSR count). The van der Waals surface area contributed by atoms with Crippen molar-refractivity contribution < 1.29 is 0 Å². The molecule has 0 aliphatic heterocycles. The lowest BCUT2D eigenvalue weighted by Crippen LogP contribution is -2.05. The summed E-state index contributed by atoms with van der Waals surface area (Å²) in [6.45, 7) is 4.53. The van der Waals surface area contributed by atoms with E-state index in [9.17, 15) is 0 Å². The highest BCUT2D eigenvalue weighted by atomic mass is 15.3. The van der Waals surface area contributed by atoms with Crippen LogP contribution in [0.25, 0.3) is 0 Å². The zero-order chi connectivity index (χ0) is 13.1. The third kappa shape index (κ3) is 2.09. The minimum Gasteiger partial charge on any atom is -0.315 e. The van der Waals surface area contributed by atoms with Gasteiger partial charge in [-0.15, -0.1) is 0 Å². The smallest absolute Gasteiger partial charge is 0.176 e. The van der Waals surface area contributed by atoms with Gasteiger partial charge in [-0.1, -0.05) is 0 Å². The predicted molar refractivity (Wildman–Crippen MR) is 63.4 cm³/mol. The highest BCUT2D eigenvalue weighted by Gasteiger charge is 2.11. The van der Waals surface area contributed by atoms with Crippen LogP contribution in [0.4, 0.5) is 0 Å². The zero-order valence-electron chi connectivity index (χ0n) is 10.2. The first kappa shape index (κ1) is 11.9. The lowest BCUT2D eigenvalue weighted by Gasteiger charge is -2.04. The van der Waals surface area contributed by atoms with E-state index in [0.717, 1.165) is 5.69 Å². The van der Waals surface area contributed by atoms with Gasteiger partial charge in [0.25, 0.3) is 0 Å². The Labute approximate surface area is 105 Å². The van der Waals surface area contributed by atoms with Crippen LogP contribution in [0.2, 0.25) is 0 Å². The summed E-state index contributed by atoms with van der Waals surface area (Å²) in [5.74, 6) is 0. The minimum absolute atomic E-state index is 0.154. The molecule has 2 aromatic heterocycles. The molecule has 90 valence electrons. The van der Waals surface area contributed by atoms with E-state index in [0.29, 0.717) is 12.6 Å². The van der Waals surface area contributed by atoms with Crippen LogP contribution in [0.5, 0.6) is 0 Å². The average Bonchev–Trinajstić information content (AvgIpc) is 2.95. The van der Waals surface area contributed by atoms with Gasteiger partial charge < -0.3 is 4.57 Å². The number of nitriles is 2. The van der Waals surface area contributed by atoms with Crippen molar-refractivity contribution in [3.8, 4) is 12.1 Å². The van der Waals surface area contributed by atoms with Crippen molar-refractivity contribution in [3.05, 3.63) is 35.7 Å². The Hall–Kier alpha value is -2.60. The summed E-state index contributed by atoms with van der Waals surface area (Å²) in [5.41, 5.74) is 1.26. The molecule has 0 saturated carbocycles. The zero-order valence-corrected chi connectivity index (χ0v) is 10.2. The van der Waals surface area contributed by atoms with Crippen LogP contribution >= 0.6 is 0 Å². The molecular formula is C12H12N6. The first-order valence-corrected chi connectivity index (χ1v) is 5.55. The van der Waals surface area contributed by atoms with Crippen molar-refractivity contribution in [2.75, 3.05) is 0 Å². The van der Waals surface area contributed by atoms with Crippen molar-refractivity contribution >= 4 is 0 Å². The van der Waals surface area contributed by atoms with Gasteiger partial charge in [0.2, 0.25) is 0 Å². The molecule has 0 aliphatic rings. The second-order valence-corrected chi connectivity index (χ2v) is 4.17. The molecule has 0 aromatic carbocycles. The van der Waals surface area contributed by atoms with Gasteiger partial charge in [-0.2, -0.15) is 15.6 Å². The Kier molecular flexibility index (Phi) is 3.11. The van der Waals surface area contributed by atoms with Crippen LogP contribution in [-0.2, 0) is 6.54 Å². The molecular weight excluding hydrogens is 228 g/mol. The highest BCUT2D eigenvalue weighted by Crippen LogP contribution is 2.09. The SMILES string of the molecule is CC(C)n1ccc(Cn2cnc(C#N)c2C#N)n1. The van der Waals surface area contributed by atoms with Gasteiger partial charge in [0.1, 0.15) is 12.1 Å². The van der Waals surface area contributed by atoms with E-state index < -0.39 is 0 Å². The molecule has 0 amide bonds. The maximum absolute atomic E-state index is 9.00. The second-order valence-electron chi connectivity index (χ2n) is 4.17. The van der Waals surface area contributed by atoms with Gasteiger partial charge >= 0.3 is 0 Å². The fourth-order valence-electron chi connectivity index (χ4n) is 1.63. The summed E-state index contributed by atoms with van der Waals surface area (Å²) >= 11 is 0. The number of hydrogen-bond donors (Lipinski definition) is 0. The Bertz CT molecular complexity index is 634. The van der Waals surface area contributed by atoms with E-state index in [-0.39, 0.29) is 11.4 Å². The summed E-state index contributed by atoms with van der Waals surface area (Å²) in [6, 6.07) is 6.08. The van der Waals surface area contributed by atoms with Gasteiger partial charge in [0.15, 0.2) is 11.4 Å². The van der Waals surface area contributed by atoms with Gasteiger partial charge in [0, 0.05) is 12.2 Å². The van der Waals surface area contributed by atoms with Gasteiger partial charge in [0.05, 0.1) is 18.6 Å². The summed E-state index contributed by atoms with van der Waals surface area (Å²) in [6.07, 6.45) is 3.39. The van der Waals surface area contributed by atoms with E-state index in [1.165, 1.54) is 6.33 Å². The topological polar surface area (TPSA) is 83.2 Å². The molecule has 0 unspecified atom stereocenters. The average molecular weight is 240 g/mol. The van der Waals surface area contributed by atoms with Crippen LogP contribution in [0.1, 0.15) is 37.0 Å². The molecule has 6 heteroatoms.